The van der Waals surface area contributed by atoms with Gasteiger partial charge < -0.3 is 10.2 Å². The van der Waals surface area contributed by atoms with Crippen LogP contribution in [-0.4, -0.2) is 16.4 Å². The molecule has 0 spiro atoms. The molecule has 2 heterocycles. The van der Waals surface area contributed by atoms with E-state index in [0.717, 1.165) is 27.0 Å². The second kappa shape index (κ2) is 4.07. The van der Waals surface area contributed by atoms with Crippen molar-refractivity contribution in [2.45, 2.75) is 0 Å². The molecule has 0 amide bonds. The lowest BCUT2D eigenvalue weighted by atomic mass is 10.1. The molecule has 0 fully saturated rings. The fourth-order valence-corrected chi connectivity index (χ4v) is 2.71. The number of aromatic nitrogens is 1. The normalized spacial score (nSPS) is 11.5. The summed E-state index contributed by atoms with van der Waals surface area (Å²) in [5.74, 6) is 0. The summed E-state index contributed by atoms with van der Waals surface area (Å²) >= 11 is 1.66. The molecule has 0 bridgehead atoms. The first kappa shape index (κ1) is 10.1. The van der Waals surface area contributed by atoms with Crippen LogP contribution in [0.25, 0.3) is 21.5 Å². The molecule has 0 atom stereocenters. The van der Waals surface area contributed by atoms with Crippen LogP contribution >= 0.6 is 11.3 Å². The van der Waals surface area contributed by atoms with Crippen LogP contribution in [-0.2, 0) is 0 Å². The van der Waals surface area contributed by atoms with Gasteiger partial charge in [-0.2, -0.15) is 0 Å². The third-order valence-electron chi connectivity index (χ3n) is 2.70. The summed E-state index contributed by atoms with van der Waals surface area (Å²) < 4.78 is 0. The number of hydrogen-bond acceptors (Lipinski definition) is 3. The average Bonchev–Trinajstić information content (AvgIpc) is 2.97. The van der Waals surface area contributed by atoms with Gasteiger partial charge in [-0.3, -0.25) is 0 Å². The Morgan fingerprint density at radius 2 is 2.06 bits per heavy atom. The van der Waals surface area contributed by atoms with Crippen LogP contribution in [0, 0.1) is 0 Å². The molecule has 84 valence electrons. The van der Waals surface area contributed by atoms with Gasteiger partial charge in [0.05, 0.1) is 16.8 Å². The van der Waals surface area contributed by atoms with Gasteiger partial charge in [0.1, 0.15) is 0 Å². The molecule has 3 aromatic rings. The van der Waals surface area contributed by atoms with Crippen LogP contribution in [0.2, 0.25) is 0 Å². The van der Waals surface area contributed by atoms with E-state index < -0.39 is 0 Å². The lowest BCUT2D eigenvalue weighted by Crippen LogP contribution is -1.82. The molecule has 0 saturated carbocycles. The van der Waals surface area contributed by atoms with E-state index in [2.05, 4.69) is 10.1 Å². The highest BCUT2D eigenvalue weighted by molar-refractivity contribution is 7.13. The van der Waals surface area contributed by atoms with Crippen LogP contribution in [0.3, 0.4) is 0 Å². The summed E-state index contributed by atoms with van der Waals surface area (Å²) in [4.78, 5) is 4.49. The minimum absolute atomic E-state index is 0.922. The second-order valence-corrected chi connectivity index (χ2v) is 4.63. The number of oxime groups is 1. The van der Waals surface area contributed by atoms with Crippen molar-refractivity contribution in [3.8, 4) is 10.6 Å². The van der Waals surface area contributed by atoms with Crippen LogP contribution in [0.1, 0.15) is 5.56 Å². The largest absolute Gasteiger partial charge is 0.411 e. The predicted octanol–water partition coefficient (Wildman–Crippen LogP) is 3.70. The van der Waals surface area contributed by atoms with Crippen LogP contribution in [0.15, 0.2) is 46.9 Å². The van der Waals surface area contributed by atoms with E-state index in [1.807, 2.05) is 41.8 Å². The van der Waals surface area contributed by atoms with Crippen molar-refractivity contribution in [2.24, 2.45) is 5.16 Å². The Balaban J connectivity index is 2.34. The van der Waals surface area contributed by atoms with Crippen molar-refractivity contribution in [1.82, 2.24) is 4.98 Å². The molecule has 0 radical (unpaired) electrons. The Hall–Kier alpha value is -2.07. The van der Waals surface area contributed by atoms with E-state index in [9.17, 15) is 0 Å². The number of fused-ring (bicyclic) bond motifs is 1. The maximum absolute atomic E-state index is 8.78. The lowest BCUT2D eigenvalue weighted by molar-refractivity contribution is 0.322. The standard InChI is InChI=1S/C13H10N2OS/c16-14-8-10-9-4-1-2-5-11(9)15-13(10)12-6-3-7-17-12/h1-8,15-16H. The molecule has 0 aliphatic rings. The zero-order chi connectivity index (χ0) is 11.7. The zero-order valence-electron chi connectivity index (χ0n) is 8.92. The summed E-state index contributed by atoms with van der Waals surface area (Å²) in [6.07, 6.45) is 1.48. The molecule has 0 aliphatic heterocycles. The summed E-state index contributed by atoms with van der Waals surface area (Å²) in [6, 6.07) is 12.0. The zero-order valence-corrected chi connectivity index (χ0v) is 9.74. The molecule has 17 heavy (non-hydrogen) atoms. The van der Waals surface area contributed by atoms with E-state index in [4.69, 9.17) is 5.21 Å². The summed E-state index contributed by atoms with van der Waals surface area (Å²) in [7, 11) is 0. The van der Waals surface area contributed by atoms with Gasteiger partial charge in [0, 0.05) is 16.5 Å². The first-order chi connectivity index (χ1) is 8.40. The molecule has 4 heteroatoms. The molecule has 3 rings (SSSR count). The molecule has 3 nitrogen and oxygen atoms in total. The molecule has 2 aromatic heterocycles. The Kier molecular flexibility index (Phi) is 2.42. The predicted molar refractivity (Wildman–Crippen MR) is 71.0 cm³/mol. The number of thiophene rings is 1. The minimum Gasteiger partial charge on any atom is -0.411 e. The number of H-pyrrole nitrogens is 1. The fraction of sp³-hybridized carbons (Fsp3) is 0. The number of rotatable bonds is 2. The average molecular weight is 242 g/mol. The van der Waals surface area contributed by atoms with Crippen LogP contribution in [0.4, 0.5) is 0 Å². The van der Waals surface area contributed by atoms with Gasteiger partial charge in [-0.25, -0.2) is 0 Å². The quantitative estimate of drug-likeness (QED) is 0.402. The molecule has 1 aromatic carbocycles. The first-order valence-corrected chi connectivity index (χ1v) is 6.10. The summed E-state index contributed by atoms with van der Waals surface area (Å²) in [6.45, 7) is 0. The highest BCUT2D eigenvalue weighted by Gasteiger charge is 2.11. The van der Waals surface area contributed by atoms with E-state index in [1.165, 1.54) is 6.21 Å². The van der Waals surface area contributed by atoms with E-state index >= 15 is 0 Å². The molecular formula is C13H10N2OS. The highest BCUT2D eigenvalue weighted by Crippen LogP contribution is 2.31. The Morgan fingerprint density at radius 1 is 1.18 bits per heavy atom. The SMILES string of the molecule is ON=Cc1c(-c2cccs2)[nH]c2ccccc12. The summed E-state index contributed by atoms with van der Waals surface area (Å²) in [5, 5.41) is 15.0. The maximum Gasteiger partial charge on any atom is 0.0762 e. The lowest BCUT2D eigenvalue weighted by Gasteiger charge is -1.94. The monoisotopic (exact) mass is 242 g/mol. The van der Waals surface area contributed by atoms with Crippen molar-refractivity contribution in [3.63, 3.8) is 0 Å². The van der Waals surface area contributed by atoms with Gasteiger partial charge in [0.2, 0.25) is 0 Å². The number of para-hydroxylation sites is 1. The van der Waals surface area contributed by atoms with Gasteiger partial charge in [-0.15, -0.1) is 11.3 Å². The highest BCUT2D eigenvalue weighted by atomic mass is 32.1. The third kappa shape index (κ3) is 1.62. The van der Waals surface area contributed by atoms with Gasteiger partial charge in [0.25, 0.3) is 0 Å². The van der Waals surface area contributed by atoms with Crippen molar-refractivity contribution >= 4 is 28.5 Å². The van der Waals surface area contributed by atoms with Gasteiger partial charge in [-0.05, 0) is 17.5 Å². The first-order valence-electron chi connectivity index (χ1n) is 5.22. The number of benzene rings is 1. The van der Waals surface area contributed by atoms with Gasteiger partial charge in [0.15, 0.2) is 0 Å². The number of nitrogens with zero attached hydrogens (tertiary/aromatic N) is 1. The van der Waals surface area contributed by atoms with E-state index in [0.29, 0.717) is 0 Å². The van der Waals surface area contributed by atoms with E-state index in [1.54, 1.807) is 11.3 Å². The molecule has 2 N–H and O–H groups in total. The summed E-state index contributed by atoms with van der Waals surface area (Å²) in [5.41, 5.74) is 2.97. The molecular weight excluding hydrogens is 232 g/mol. The minimum atomic E-state index is 0.922. The van der Waals surface area contributed by atoms with Crippen molar-refractivity contribution in [2.75, 3.05) is 0 Å². The van der Waals surface area contributed by atoms with Crippen LogP contribution in [0.5, 0.6) is 0 Å². The van der Waals surface area contributed by atoms with E-state index in [-0.39, 0.29) is 0 Å². The number of nitrogens with one attached hydrogen (secondary N) is 1. The Bertz CT molecular complexity index is 668. The maximum atomic E-state index is 8.78. The van der Waals surface area contributed by atoms with Crippen LogP contribution < -0.4 is 0 Å². The topological polar surface area (TPSA) is 48.4 Å². The molecule has 0 saturated heterocycles. The third-order valence-corrected chi connectivity index (χ3v) is 3.59. The van der Waals surface area contributed by atoms with Crippen molar-refractivity contribution in [3.05, 3.63) is 47.3 Å². The van der Waals surface area contributed by atoms with Crippen molar-refractivity contribution < 1.29 is 5.21 Å². The smallest absolute Gasteiger partial charge is 0.0762 e. The molecule has 0 aliphatic carbocycles. The second-order valence-electron chi connectivity index (χ2n) is 3.68. The molecule has 0 unspecified atom stereocenters. The van der Waals surface area contributed by atoms with Gasteiger partial charge >= 0.3 is 0 Å². The number of hydrogen-bond donors (Lipinski definition) is 2. The Labute approximate surface area is 102 Å². The Morgan fingerprint density at radius 3 is 2.82 bits per heavy atom. The van der Waals surface area contributed by atoms with Gasteiger partial charge in [-0.1, -0.05) is 29.4 Å². The fourth-order valence-electron chi connectivity index (χ4n) is 1.97. The number of aromatic amines is 1. The van der Waals surface area contributed by atoms with Crippen molar-refractivity contribution in [1.29, 1.82) is 0 Å².